The molecule has 1 aliphatic heterocycles. The molecule has 4 rings (SSSR count). The first kappa shape index (κ1) is 21.1. The van der Waals surface area contributed by atoms with Crippen LogP contribution in [0.5, 0.6) is 11.5 Å². The molecule has 0 saturated heterocycles. The Morgan fingerprint density at radius 2 is 1.81 bits per heavy atom. The van der Waals surface area contributed by atoms with Crippen molar-refractivity contribution in [2.24, 2.45) is 0 Å². The molecular weight excluding hydrogens is 434 g/mol. The predicted molar refractivity (Wildman–Crippen MR) is 120 cm³/mol. The highest BCUT2D eigenvalue weighted by Crippen LogP contribution is 2.46. The molecule has 0 fully saturated rings. The quantitative estimate of drug-likeness (QED) is 0.526. The van der Waals surface area contributed by atoms with Crippen molar-refractivity contribution in [1.29, 1.82) is 0 Å². The molecule has 0 saturated carbocycles. The monoisotopic (exact) mass is 455 g/mol. The van der Waals surface area contributed by atoms with Crippen LogP contribution >= 0.6 is 11.3 Å². The molecule has 0 radical (unpaired) electrons. The molecule has 3 aromatic rings. The zero-order valence-corrected chi connectivity index (χ0v) is 18.5. The Kier molecular flexibility index (Phi) is 5.84. The highest BCUT2D eigenvalue weighted by Gasteiger charge is 2.34. The second-order valence-corrected chi connectivity index (χ2v) is 9.82. The van der Waals surface area contributed by atoms with Gasteiger partial charge >= 0.3 is 0 Å². The lowest BCUT2D eigenvalue weighted by atomic mass is 9.90. The van der Waals surface area contributed by atoms with Gasteiger partial charge in [0.1, 0.15) is 23.0 Å². The minimum absolute atomic E-state index is 0.113. The van der Waals surface area contributed by atoms with Crippen molar-refractivity contribution in [2.45, 2.75) is 22.1 Å². The van der Waals surface area contributed by atoms with E-state index in [2.05, 4.69) is 11.9 Å². The Balaban J connectivity index is 1.70. The van der Waals surface area contributed by atoms with E-state index < -0.39 is 9.84 Å². The van der Waals surface area contributed by atoms with Gasteiger partial charge in [-0.05, 0) is 42.0 Å². The van der Waals surface area contributed by atoms with Gasteiger partial charge in [-0.1, -0.05) is 24.8 Å². The maximum atomic E-state index is 13.3. The number of methoxy groups -OCH3 is 1. The van der Waals surface area contributed by atoms with Crippen LogP contribution in [0.25, 0.3) is 0 Å². The van der Waals surface area contributed by atoms with Gasteiger partial charge in [0.25, 0.3) is 0 Å². The number of hydrogen-bond donors (Lipinski definition) is 1. The zero-order chi connectivity index (χ0) is 22.0. The molecule has 8 heteroatoms. The van der Waals surface area contributed by atoms with Crippen LogP contribution in [-0.4, -0.2) is 28.0 Å². The molecule has 1 aliphatic rings. The number of benzene rings is 2. The SMILES string of the molecule is C=CCOc1ccc([C@H]2CC(=O)Nc3c(S(=O)(=O)c4ccc(OC)cc4)csc32)cc1. The number of hydrogen-bond acceptors (Lipinski definition) is 6. The molecule has 1 aromatic heterocycles. The van der Waals surface area contributed by atoms with Crippen LogP contribution in [0.3, 0.4) is 0 Å². The van der Waals surface area contributed by atoms with Crippen molar-refractivity contribution in [1.82, 2.24) is 0 Å². The molecule has 1 N–H and O–H groups in total. The Hall–Kier alpha value is -3.10. The number of thiophene rings is 1. The minimum Gasteiger partial charge on any atom is -0.497 e. The van der Waals surface area contributed by atoms with Crippen molar-refractivity contribution >= 4 is 32.8 Å². The molecule has 1 amide bonds. The van der Waals surface area contributed by atoms with Crippen LogP contribution in [0.2, 0.25) is 0 Å². The number of carbonyl (C=O) groups is 1. The van der Waals surface area contributed by atoms with Gasteiger partial charge in [-0.3, -0.25) is 4.79 Å². The third-order valence-electron chi connectivity index (χ3n) is 5.07. The van der Waals surface area contributed by atoms with E-state index in [1.165, 1.54) is 30.6 Å². The predicted octanol–water partition coefficient (Wildman–Crippen LogP) is 4.63. The van der Waals surface area contributed by atoms with Crippen LogP contribution in [0.15, 0.2) is 76.4 Å². The van der Waals surface area contributed by atoms with Crippen molar-refractivity contribution in [2.75, 3.05) is 19.0 Å². The molecule has 31 heavy (non-hydrogen) atoms. The average molecular weight is 456 g/mol. The van der Waals surface area contributed by atoms with Crippen LogP contribution in [-0.2, 0) is 14.6 Å². The third-order valence-corrected chi connectivity index (χ3v) is 8.10. The number of rotatable bonds is 7. The third kappa shape index (κ3) is 4.08. The number of sulfone groups is 1. The fourth-order valence-electron chi connectivity index (χ4n) is 3.50. The van der Waals surface area contributed by atoms with Gasteiger partial charge in [-0.25, -0.2) is 8.42 Å². The lowest BCUT2D eigenvalue weighted by Crippen LogP contribution is -2.23. The number of fused-ring (bicyclic) bond motifs is 1. The first-order chi connectivity index (χ1) is 14.9. The van der Waals surface area contributed by atoms with E-state index in [9.17, 15) is 13.2 Å². The van der Waals surface area contributed by atoms with Gasteiger partial charge in [0, 0.05) is 22.6 Å². The number of nitrogens with one attached hydrogen (secondary N) is 1. The summed E-state index contributed by atoms with van der Waals surface area (Å²) < 4.78 is 37.1. The summed E-state index contributed by atoms with van der Waals surface area (Å²) in [7, 11) is -2.28. The lowest BCUT2D eigenvalue weighted by Gasteiger charge is -2.24. The summed E-state index contributed by atoms with van der Waals surface area (Å²) in [4.78, 5) is 13.5. The summed E-state index contributed by atoms with van der Waals surface area (Å²) in [5.41, 5.74) is 1.30. The molecule has 1 atom stereocenters. The summed E-state index contributed by atoms with van der Waals surface area (Å²) >= 11 is 1.34. The Morgan fingerprint density at radius 3 is 2.45 bits per heavy atom. The normalized spacial score (nSPS) is 15.6. The van der Waals surface area contributed by atoms with E-state index in [-0.39, 0.29) is 28.0 Å². The molecule has 2 aromatic carbocycles. The average Bonchev–Trinajstić information content (AvgIpc) is 3.22. The molecule has 0 spiro atoms. The highest BCUT2D eigenvalue weighted by atomic mass is 32.2. The van der Waals surface area contributed by atoms with Crippen molar-refractivity contribution in [3.63, 3.8) is 0 Å². The molecular formula is C23H21NO5S2. The first-order valence-corrected chi connectivity index (χ1v) is 11.9. The second kappa shape index (κ2) is 8.56. The van der Waals surface area contributed by atoms with E-state index in [0.29, 0.717) is 23.8 Å². The van der Waals surface area contributed by atoms with Gasteiger partial charge < -0.3 is 14.8 Å². The molecule has 0 aliphatic carbocycles. The van der Waals surface area contributed by atoms with Crippen molar-refractivity contribution in [3.05, 3.63) is 77.0 Å². The number of anilines is 1. The van der Waals surface area contributed by atoms with E-state index in [4.69, 9.17) is 9.47 Å². The number of carbonyl (C=O) groups excluding carboxylic acids is 1. The van der Waals surface area contributed by atoms with Crippen molar-refractivity contribution in [3.8, 4) is 11.5 Å². The van der Waals surface area contributed by atoms with Crippen LogP contribution in [0, 0.1) is 0 Å². The molecule has 2 heterocycles. The standard InChI is InChI=1S/C23H21NO5S2/c1-3-12-29-17-6-4-15(5-7-17)19-13-21(25)24-22-20(14-30-23(19)22)31(26,27)18-10-8-16(28-2)9-11-18/h3-11,14,19H,1,12-13H2,2H3,(H,24,25)/t19-/m1/s1. The summed E-state index contributed by atoms with van der Waals surface area (Å²) in [5, 5.41) is 4.38. The Bertz CT molecular complexity index is 1210. The summed E-state index contributed by atoms with van der Waals surface area (Å²) in [6, 6.07) is 13.7. The summed E-state index contributed by atoms with van der Waals surface area (Å²) in [5.74, 6) is 0.842. The van der Waals surface area contributed by atoms with Gasteiger partial charge in [0.2, 0.25) is 15.7 Å². The fraction of sp³-hybridized carbons (Fsp3) is 0.174. The molecule has 0 unspecified atom stereocenters. The largest absolute Gasteiger partial charge is 0.497 e. The fourth-order valence-corrected chi connectivity index (χ4v) is 6.41. The van der Waals surface area contributed by atoms with Crippen LogP contribution in [0.4, 0.5) is 5.69 Å². The minimum atomic E-state index is -3.80. The smallest absolute Gasteiger partial charge is 0.225 e. The molecule has 0 bridgehead atoms. The lowest BCUT2D eigenvalue weighted by molar-refractivity contribution is -0.116. The highest BCUT2D eigenvalue weighted by molar-refractivity contribution is 7.91. The van der Waals surface area contributed by atoms with Gasteiger partial charge in [-0.2, -0.15) is 0 Å². The number of ether oxygens (including phenoxy) is 2. The zero-order valence-electron chi connectivity index (χ0n) is 16.8. The van der Waals surface area contributed by atoms with Gasteiger partial charge in [0.05, 0.1) is 17.7 Å². The Labute approximate surface area is 185 Å². The maximum absolute atomic E-state index is 13.3. The molecule has 160 valence electrons. The van der Waals surface area contributed by atoms with E-state index in [0.717, 1.165) is 10.4 Å². The topological polar surface area (TPSA) is 81.7 Å². The van der Waals surface area contributed by atoms with Gasteiger partial charge in [-0.15, -0.1) is 11.3 Å². The summed E-state index contributed by atoms with van der Waals surface area (Å²) in [6.07, 6.45) is 1.92. The Morgan fingerprint density at radius 1 is 1.13 bits per heavy atom. The number of amides is 1. The molecule has 6 nitrogen and oxygen atoms in total. The van der Waals surface area contributed by atoms with E-state index >= 15 is 0 Å². The van der Waals surface area contributed by atoms with Gasteiger partial charge in [0.15, 0.2) is 0 Å². The van der Waals surface area contributed by atoms with E-state index in [1.807, 2.05) is 24.3 Å². The summed E-state index contributed by atoms with van der Waals surface area (Å²) in [6.45, 7) is 4.04. The van der Waals surface area contributed by atoms with Crippen LogP contribution in [0.1, 0.15) is 22.8 Å². The van der Waals surface area contributed by atoms with E-state index in [1.54, 1.807) is 23.6 Å². The second-order valence-electron chi connectivity index (χ2n) is 6.99. The van der Waals surface area contributed by atoms with Crippen LogP contribution < -0.4 is 14.8 Å². The first-order valence-electron chi connectivity index (χ1n) is 9.58. The maximum Gasteiger partial charge on any atom is 0.225 e. The van der Waals surface area contributed by atoms with Crippen molar-refractivity contribution < 1.29 is 22.7 Å².